The van der Waals surface area contributed by atoms with E-state index in [1.807, 2.05) is 75.9 Å². The first-order chi connectivity index (χ1) is 35.6. The number of aromatic nitrogens is 4. The van der Waals surface area contributed by atoms with E-state index in [2.05, 4.69) is 69.9 Å². The summed E-state index contributed by atoms with van der Waals surface area (Å²) in [7, 11) is 15.9. The van der Waals surface area contributed by atoms with Crippen molar-refractivity contribution in [3.63, 3.8) is 0 Å². The number of unbranched alkanes of at least 4 members (excludes halogenated alkanes) is 2. The van der Waals surface area contributed by atoms with Gasteiger partial charge in [-0.1, -0.05) is 70.9 Å². The Morgan fingerprint density at radius 1 is 0.722 bits per heavy atom. The van der Waals surface area contributed by atoms with E-state index in [1.54, 1.807) is 26.6 Å². The van der Waals surface area contributed by atoms with E-state index in [9.17, 15) is 28.7 Å². The second kappa shape index (κ2) is 69.5. The van der Waals surface area contributed by atoms with Crippen LogP contribution in [0.15, 0.2) is 43.7 Å². The second-order valence-corrected chi connectivity index (χ2v) is 31.5. The monoisotopic (exact) mass is 3150 g/mol. The van der Waals surface area contributed by atoms with Crippen molar-refractivity contribution in [3.8, 4) is 0 Å². The van der Waals surface area contributed by atoms with Gasteiger partial charge in [-0.15, -0.1) is 0 Å². The topological polar surface area (TPSA) is 231 Å². The zero-order chi connectivity index (χ0) is 57.5. The first-order valence-corrected chi connectivity index (χ1v) is 35.6. The van der Waals surface area contributed by atoms with Crippen molar-refractivity contribution in [2.24, 2.45) is 0 Å². The van der Waals surface area contributed by atoms with Crippen LogP contribution in [0.4, 0.5) is 8.78 Å². The Morgan fingerprint density at radius 2 is 1.13 bits per heavy atom. The summed E-state index contributed by atoms with van der Waals surface area (Å²) in [6.07, 6.45) is -4.28. The number of alkyl halides is 2. The van der Waals surface area contributed by atoms with E-state index < -0.39 is 80.2 Å². The van der Waals surface area contributed by atoms with Crippen LogP contribution in [0.25, 0.3) is 0 Å². The number of halogens is 2. The fraction of sp³-hybridized carbons (Fsp3) is 0.800. The van der Waals surface area contributed by atoms with Crippen molar-refractivity contribution in [2.45, 2.75) is 167 Å². The van der Waals surface area contributed by atoms with Crippen molar-refractivity contribution in [1.82, 2.24) is 23.8 Å². The molecule has 0 aromatic carbocycles. The number of nitrogens with zero attached hydrogens (tertiary/aromatic N) is 3. The van der Waals surface area contributed by atoms with Crippen molar-refractivity contribution in [1.29, 1.82) is 2.86 Å². The molecule has 2 aromatic rings. The number of ether oxygens (including phenoxy) is 2. The average Bonchev–Trinajstić information content (AvgIpc) is 3.81. The largest absolute Gasteiger partial charge is 0.400 e. The summed E-state index contributed by atoms with van der Waals surface area (Å²) in [6.45, 7) is 17.1. The standard InChI is InChI=1S/C22H39FN3O5PS2.C9H11FN2O4.C7H16OS2.2CH4O.S7.8U/c1-14(2)26(15(3)4)32(29-12-8-9-13-33-34-16(5)6)31-20-17(7)30-21(19(20)23)25-11-10-18(27)24-22(25)28;1-4-7(14)6(10)8(16-4)12-3-2-5(13)11-9(12)15;1-7(2)10-9-6-4-3-5-8;2*1-2;1-3-5-7-6-4-2;;;;;;;;/h10-11,14-17,19-21H,8-9,12-13H2,1-7H3,(H,24,27,28);2-4,6-8,14H,1H3,(H,11,13,15);7-8H,3-6H2,1-2H3;2*2H,1H3;;;;;;;;;/t17-,19?,20+,21-,32?;4-,6?,7+,8-;;;;;;;;;;;;/m11............/s1/i7D;1D;;2*2T;;;;;;;;;. The maximum Gasteiger partial charge on any atom is 0.330 e. The molecule has 0 radical (unpaired) electrons. The van der Waals surface area contributed by atoms with Gasteiger partial charge in [-0.05, 0) is 67.2 Å². The molecule has 3 unspecified atom stereocenters. The van der Waals surface area contributed by atoms with Gasteiger partial charge in [0.05, 0.1) is 18.8 Å². The summed E-state index contributed by atoms with van der Waals surface area (Å²) in [4.78, 5) is 49.9. The molecule has 2 aliphatic rings. The number of hydrogen-bond donors (Lipinski definition) is 6. The zero-order valence-corrected chi connectivity index (χ0v) is 88.5. The zero-order valence-electron chi connectivity index (χ0n) is 49.3. The van der Waals surface area contributed by atoms with Crippen molar-refractivity contribution in [2.75, 3.05) is 38.9 Å². The average molecular weight is 3150 g/mol. The first kappa shape index (κ1) is 98.7. The summed E-state index contributed by atoms with van der Waals surface area (Å²) in [5, 5.41) is 26.2. The smallest absolute Gasteiger partial charge is 0.330 e. The van der Waals surface area contributed by atoms with Gasteiger partial charge < -0.3 is 39.0 Å². The van der Waals surface area contributed by atoms with Crippen LogP contribution in [0.1, 0.15) is 110 Å². The molecule has 0 saturated carbocycles. The summed E-state index contributed by atoms with van der Waals surface area (Å²) < 4.78 is 82.8. The molecule has 0 amide bonds. The van der Waals surface area contributed by atoms with Crippen LogP contribution >= 0.6 is 51.7 Å². The van der Waals surface area contributed by atoms with Crippen molar-refractivity contribution >= 4 is 118 Å². The van der Waals surface area contributed by atoms with Gasteiger partial charge in [0, 0.05) is 398 Å². The quantitative estimate of drug-likeness (QED) is 0.0477. The van der Waals surface area contributed by atoms with Crippen molar-refractivity contribution in [3.05, 3.63) is 66.2 Å². The third-order valence-electron chi connectivity index (χ3n) is 8.36. The normalized spacial score (nSPS) is 20.0. The fourth-order valence-electron chi connectivity index (χ4n) is 5.54. The third-order valence-corrected chi connectivity index (χ3v) is 25.5. The Hall–Kier alpha value is 8.65. The number of rotatable bonds is 21. The predicted molar refractivity (Wildman–Crippen MR) is 311 cm³/mol. The van der Waals surface area contributed by atoms with Crippen LogP contribution < -0.4 is 22.5 Å². The molecule has 2 saturated heterocycles. The second-order valence-electron chi connectivity index (χ2n) is 15.2. The fourth-order valence-corrected chi connectivity index (χ4v) is 19.9. The summed E-state index contributed by atoms with van der Waals surface area (Å²) in [5.74, 6) is 2.20. The summed E-state index contributed by atoms with van der Waals surface area (Å²) >= 11 is 9.14. The molecule has 0 aliphatic carbocycles. The van der Waals surface area contributed by atoms with E-state index in [1.165, 1.54) is 43.9 Å². The van der Waals surface area contributed by atoms with Crippen LogP contribution in [0.2, 0.25) is 0 Å². The molecule has 4 heterocycles. The maximum atomic E-state index is 15.6. The predicted octanol–water partition coefficient (Wildman–Crippen LogP) is 6.01. The van der Waals surface area contributed by atoms with Crippen LogP contribution in [-0.2, 0) is 85.3 Å². The Morgan fingerprint density at radius 3 is 1.48 bits per heavy atom. The molecule has 39 heteroatoms. The number of nitrogens with one attached hydrogen (secondary N) is 2. The number of hydrogen-bond acceptors (Lipinski definition) is 19. The SMILES string of the molecule is CC(C)SSCCCCO.S=S=S=S=S=S=S.[2H]C[C@H]1O[C@@H](n2ccc(=O)[nH]c2=O)C(F)[C@H]1O.[2H]C[C@H]1O[C@@H](n2ccc(=O)[nH]c2=O)C(F)[C@H]1OP(OCCCCSSC(C)C)N(C(C)C)C(C)C.[3H]OC.[3H]OC.[U].[U].[U].[U].[U].[U].[U].[U]. The van der Waals surface area contributed by atoms with Gasteiger partial charge in [0.25, 0.3) is 19.6 Å². The number of aliphatic hydroxyl groups excluding tert-OH is 4. The molecule has 17 nitrogen and oxygen atoms in total. The molecule has 448 valence electrons. The van der Waals surface area contributed by atoms with E-state index >= 15 is 4.39 Å². The molecule has 2 fully saturated rings. The molecule has 4 rings (SSSR count). The molecule has 9 atom stereocenters. The minimum Gasteiger partial charge on any atom is -0.400 e. The van der Waals surface area contributed by atoms with Crippen LogP contribution in [0.5, 0.6) is 0 Å². The van der Waals surface area contributed by atoms with Crippen LogP contribution in [0.3, 0.4) is 0 Å². The van der Waals surface area contributed by atoms with Gasteiger partial charge >= 0.3 is 11.4 Å². The van der Waals surface area contributed by atoms with Crippen LogP contribution in [-0.4, -0.2) is 145 Å². The third kappa shape index (κ3) is 49.8. The van der Waals surface area contributed by atoms with Gasteiger partial charge in [0.15, 0.2) is 24.8 Å². The minimum atomic E-state index is -1.81. The van der Waals surface area contributed by atoms with Gasteiger partial charge in [0.1, 0.15) is 12.2 Å². The molecule has 2 aromatic heterocycles. The summed E-state index contributed by atoms with van der Waals surface area (Å²) in [5.41, 5.74) is -2.76. The van der Waals surface area contributed by atoms with E-state index in [-0.39, 0.29) is 275 Å². The summed E-state index contributed by atoms with van der Waals surface area (Å²) in [6, 6.07) is 2.37. The Labute approximate surface area is 702 Å². The van der Waals surface area contributed by atoms with E-state index in [0.717, 1.165) is 64.1 Å². The van der Waals surface area contributed by atoms with Gasteiger partial charge in [-0.3, -0.25) is 28.7 Å². The van der Waals surface area contributed by atoms with Gasteiger partial charge in [-0.25, -0.2) is 23.0 Å². The molecule has 0 bridgehead atoms. The molecule has 79 heavy (non-hydrogen) atoms. The van der Waals surface area contributed by atoms with E-state index in [4.69, 9.17) is 29.2 Å². The molecular weight excluding hydrogens is 3070 g/mol. The number of H-pyrrole nitrogens is 2. The number of aromatic amines is 2. The first-order valence-electron chi connectivity index (χ1n) is 24.0. The minimum absolute atomic E-state index is 0. The molecule has 2 aliphatic heterocycles. The molecule has 0 spiro atoms. The Kier molecular flexibility index (Phi) is 86.8. The van der Waals surface area contributed by atoms with Crippen molar-refractivity contribution < 1.29 is 299 Å². The number of aliphatic hydroxyl groups is 4. The molecular formula is C40H74F2N5O12PS11U8. The Balaban J connectivity index is -0.000000116. The van der Waals surface area contributed by atoms with Gasteiger partial charge in [-0.2, -0.15) is 0 Å². The maximum absolute atomic E-state index is 15.6. The Bertz CT molecular complexity index is 2270. The van der Waals surface area contributed by atoms with Crippen LogP contribution in [0, 0.1) is 249 Å². The molecule has 6 N–H and O–H groups in total. The van der Waals surface area contributed by atoms with E-state index in [0.29, 0.717) is 18.5 Å². The van der Waals surface area contributed by atoms with Gasteiger partial charge in [0.2, 0.25) is 2.86 Å².